The molecule has 3 aromatic heterocycles. The zero-order chi connectivity index (χ0) is 28.7. The van der Waals surface area contributed by atoms with Gasteiger partial charge in [-0.3, -0.25) is 10.3 Å². The molecule has 11 heteroatoms. The number of fused-ring (bicyclic) bond motifs is 2. The summed E-state index contributed by atoms with van der Waals surface area (Å²) in [5.74, 6) is -0.439. The molecule has 0 radical (unpaired) electrons. The summed E-state index contributed by atoms with van der Waals surface area (Å²) in [6, 6.07) is 1.99. The van der Waals surface area contributed by atoms with Gasteiger partial charge in [0.1, 0.15) is 16.3 Å². The highest BCUT2D eigenvalue weighted by Crippen LogP contribution is 2.42. The summed E-state index contributed by atoms with van der Waals surface area (Å²) in [4.78, 5) is 33.1. The molecule has 0 saturated heterocycles. The summed E-state index contributed by atoms with van der Waals surface area (Å²) in [6.07, 6.45) is 4.26. The van der Waals surface area contributed by atoms with Crippen LogP contribution in [0.1, 0.15) is 89.0 Å². The Hall–Kier alpha value is -2.92. The van der Waals surface area contributed by atoms with Crippen LogP contribution >= 0.6 is 22.7 Å². The quantitative estimate of drug-likeness (QED) is 0.295. The number of carbonyl (C=O) groups excluding carboxylic acids is 2. The minimum absolute atomic E-state index is 0.209. The van der Waals surface area contributed by atoms with Gasteiger partial charge in [0, 0.05) is 32.9 Å². The number of urea groups is 1. The lowest BCUT2D eigenvalue weighted by molar-refractivity contribution is -0.141. The highest BCUT2D eigenvalue weighted by atomic mass is 32.1. The molecule has 3 aromatic rings. The van der Waals surface area contributed by atoms with Gasteiger partial charge in [0.15, 0.2) is 0 Å². The van der Waals surface area contributed by atoms with Gasteiger partial charge in [0.05, 0.1) is 5.56 Å². The normalized spacial score (nSPS) is 15.2. The fourth-order valence-corrected chi connectivity index (χ4v) is 7.93. The first-order valence-corrected chi connectivity index (χ1v) is 15.1. The molecule has 2 aliphatic carbocycles. The fraction of sp³-hybridized carbons (Fsp3) is 0.483. The summed E-state index contributed by atoms with van der Waals surface area (Å²) in [6.45, 7) is 5.65. The maximum atomic E-state index is 13.1. The Labute approximate surface area is 239 Å². The molecule has 2 N–H and O–H groups in total. The molecule has 0 unspecified atom stereocenters. The maximum absolute atomic E-state index is 13.1. The van der Waals surface area contributed by atoms with E-state index in [9.17, 15) is 22.8 Å². The number of nitrogens with zero attached hydrogens (tertiary/aromatic N) is 1. The molecule has 0 aromatic carbocycles. The molecule has 214 valence electrons. The highest BCUT2D eigenvalue weighted by Gasteiger charge is 2.33. The molecule has 5 rings (SSSR count). The van der Waals surface area contributed by atoms with Crippen LogP contribution in [0.2, 0.25) is 0 Å². The SMILES string of the molecule is CC(C)(C)OC(=O)c1c(NC(=O)NCc2c(-c3ccc(C(F)(F)F)nc3)sc3c2CCCC3)sc2c1CCCC2. The molecule has 0 bridgehead atoms. The number of thiophene rings is 2. The van der Waals surface area contributed by atoms with Crippen molar-refractivity contribution >= 4 is 39.7 Å². The lowest BCUT2D eigenvalue weighted by atomic mass is 9.94. The molecular weight excluding hydrogens is 559 g/mol. The van der Waals surface area contributed by atoms with Crippen molar-refractivity contribution in [3.63, 3.8) is 0 Å². The standard InChI is InChI=1S/C29H32F3N3O3S2/c1-28(2,3)38-26(36)23-18-9-5-7-11-21(18)40-25(23)35-27(37)34-15-19-17-8-4-6-10-20(17)39-24(19)16-12-13-22(33-14-16)29(30,31)32/h12-14H,4-11,15H2,1-3H3,(H2,34,35,37). The lowest BCUT2D eigenvalue weighted by Gasteiger charge is -2.21. The first-order chi connectivity index (χ1) is 18.9. The van der Waals surface area contributed by atoms with Crippen LogP contribution in [0.25, 0.3) is 10.4 Å². The van der Waals surface area contributed by atoms with E-state index in [1.54, 1.807) is 11.3 Å². The molecule has 2 aliphatic rings. The number of halogens is 3. The van der Waals surface area contributed by atoms with Crippen molar-refractivity contribution in [3.8, 4) is 10.4 Å². The Morgan fingerprint density at radius 2 is 1.60 bits per heavy atom. The zero-order valence-corrected chi connectivity index (χ0v) is 24.4. The van der Waals surface area contributed by atoms with Crippen LogP contribution in [0.3, 0.4) is 0 Å². The van der Waals surface area contributed by atoms with Crippen LogP contribution in [-0.4, -0.2) is 22.6 Å². The average Bonchev–Trinajstić information content (AvgIpc) is 3.44. The molecular formula is C29H32F3N3O3S2. The van der Waals surface area contributed by atoms with Crippen molar-refractivity contribution in [2.45, 2.75) is 90.5 Å². The molecule has 0 atom stereocenters. The van der Waals surface area contributed by atoms with Gasteiger partial charge < -0.3 is 10.1 Å². The molecule has 0 fully saturated rings. The molecule has 0 aliphatic heterocycles. The minimum Gasteiger partial charge on any atom is -0.456 e. The van der Waals surface area contributed by atoms with Gasteiger partial charge in [-0.25, -0.2) is 9.59 Å². The van der Waals surface area contributed by atoms with Gasteiger partial charge in [0.2, 0.25) is 0 Å². The summed E-state index contributed by atoms with van der Waals surface area (Å²) >= 11 is 2.98. The Kier molecular flexibility index (Phi) is 7.98. The molecule has 0 spiro atoms. The maximum Gasteiger partial charge on any atom is 0.433 e. The first kappa shape index (κ1) is 28.6. The first-order valence-electron chi connectivity index (χ1n) is 13.5. The molecule has 6 nitrogen and oxygen atoms in total. The summed E-state index contributed by atoms with van der Waals surface area (Å²) in [7, 11) is 0. The molecule has 0 saturated carbocycles. The van der Waals surface area contributed by atoms with Crippen LogP contribution < -0.4 is 10.6 Å². The minimum atomic E-state index is -4.51. The van der Waals surface area contributed by atoms with Gasteiger partial charge in [-0.15, -0.1) is 22.7 Å². The Balaban J connectivity index is 1.38. The van der Waals surface area contributed by atoms with Crippen molar-refractivity contribution in [2.24, 2.45) is 0 Å². The number of nitrogens with one attached hydrogen (secondary N) is 2. The van der Waals surface area contributed by atoms with E-state index < -0.39 is 29.5 Å². The van der Waals surface area contributed by atoms with Crippen LogP contribution in [0.4, 0.5) is 23.0 Å². The van der Waals surface area contributed by atoms with Crippen LogP contribution in [0.5, 0.6) is 0 Å². The summed E-state index contributed by atoms with van der Waals surface area (Å²) < 4.78 is 44.9. The Bertz CT molecular complexity index is 1420. The third-order valence-electron chi connectivity index (χ3n) is 7.02. The smallest absolute Gasteiger partial charge is 0.433 e. The largest absolute Gasteiger partial charge is 0.456 e. The number of alkyl halides is 3. The van der Waals surface area contributed by atoms with E-state index in [0.717, 1.165) is 83.9 Å². The Morgan fingerprint density at radius 3 is 2.23 bits per heavy atom. The van der Waals surface area contributed by atoms with E-state index in [4.69, 9.17) is 4.74 Å². The monoisotopic (exact) mass is 591 g/mol. The van der Waals surface area contributed by atoms with Crippen molar-refractivity contribution in [1.82, 2.24) is 10.3 Å². The number of anilines is 1. The van der Waals surface area contributed by atoms with E-state index in [-0.39, 0.29) is 6.54 Å². The average molecular weight is 592 g/mol. The van der Waals surface area contributed by atoms with Gasteiger partial charge >= 0.3 is 18.2 Å². The summed E-state index contributed by atoms with van der Waals surface area (Å²) in [5, 5.41) is 6.31. The van der Waals surface area contributed by atoms with E-state index >= 15 is 0 Å². The predicted molar refractivity (Wildman–Crippen MR) is 151 cm³/mol. The molecule has 40 heavy (non-hydrogen) atoms. The van der Waals surface area contributed by atoms with Crippen molar-refractivity contribution < 1.29 is 27.5 Å². The number of hydrogen-bond donors (Lipinski definition) is 2. The second-order valence-corrected chi connectivity index (χ2v) is 13.4. The number of esters is 1. The number of aromatic nitrogens is 1. The highest BCUT2D eigenvalue weighted by molar-refractivity contribution is 7.17. The van der Waals surface area contributed by atoms with Crippen LogP contribution in [-0.2, 0) is 43.1 Å². The van der Waals surface area contributed by atoms with Gasteiger partial charge in [0.25, 0.3) is 0 Å². The Morgan fingerprint density at radius 1 is 0.950 bits per heavy atom. The predicted octanol–water partition coefficient (Wildman–Crippen LogP) is 7.93. The van der Waals surface area contributed by atoms with Crippen molar-refractivity contribution in [3.05, 3.63) is 56.0 Å². The third kappa shape index (κ3) is 6.20. The van der Waals surface area contributed by atoms with Crippen LogP contribution in [0, 0.1) is 0 Å². The van der Waals surface area contributed by atoms with Crippen molar-refractivity contribution in [1.29, 1.82) is 0 Å². The lowest BCUT2D eigenvalue weighted by Crippen LogP contribution is -2.30. The van der Waals surface area contributed by atoms with E-state index in [0.29, 0.717) is 16.1 Å². The van der Waals surface area contributed by atoms with Gasteiger partial charge in [-0.2, -0.15) is 13.2 Å². The van der Waals surface area contributed by atoms with Crippen molar-refractivity contribution in [2.75, 3.05) is 5.32 Å². The summed E-state index contributed by atoms with van der Waals surface area (Å²) in [5.41, 5.74) is 2.47. The van der Waals surface area contributed by atoms with E-state index in [2.05, 4.69) is 15.6 Å². The number of carbonyl (C=O) groups is 2. The second kappa shape index (κ2) is 11.2. The molecule has 2 amide bonds. The second-order valence-electron chi connectivity index (χ2n) is 11.2. The number of ether oxygens (including phenoxy) is 1. The van der Waals surface area contributed by atoms with E-state index in [1.807, 2.05) is 20.8 Å². The van der Waals surface area contributed by atoms with Gasteiger partial charge in [-0.05, 0) is 101 Å². The number of rotatable bonds is 5. The van der Waals surface area contributed by atoms with E-state index in [1.165, 1.54) is 28.5 Å². The van der Waals surface area contributed by atoms with Gasteiger partial charge in [-0.1, -0.05) is 0 Å². The zero-order valence-electron chi connectivity index (χ0n) is 22.7. The topological polar surface area (TPSA) is 80.3 Å². The number of aryl methyl sites for hydroxylation is 2. The third-order valence-corrected chi connectivity index (χ3v) is 9.61. The van der Waals surface area contributed by atoms with Crippen LogP contribution in [0.15, 0.2) is 18.3 Å². The number of hydrogen-bond acceptors (Lipinski definition) is 6. The fourth-order valence-electron chi connectivity index (χ4n) is 5.26. The number of amides is 2. The number of pyridine rings is 1. The molecule has 3 heterocycles.